The van der Waals surface area contributed by atoms with E-state index in [0.29, 0.717) is 5.56 Å². The highest BCUT2D eigenvalue weighted by Crippen LogP contribution is 2.12. The lowest BCUT2D eigenvalue weighted by molar-refractivity contribution is -0.137. The van der Waals surface area contributed by atoms with Crippen molar-refractivity contribution in [2.45, 2.75) is 19.8 Å². The first-order valence-electron chi connectivity index (χ1n) is 5.70. The van der Waals surface area contributed by atoms with Gasteiger partial charge in [0.1, 0.15) is 0 Å². The lowest BCUT2D eigenvalue weighted by Crippen LogP contribution is -2.20. The number of aryl methyl sites for hydroxylation is 2. The van der Waals surface area contributed by atoms with Crippen molar-refractivity contribution in [2.75, 3.05) is 0 Å². The van der Waals surface area contributed by atoms with Crippen LogP contribution in [0.15, 0.2) is 21.5 Å². The summed E-state index contributed by atoms with van der Waals surface area (Å²) >= 11 is 0. The maximum Gasteiger partial charge on any atom is 0.303 e. The van der Waals surface area contributed by atoms with Crippen LogP contribution >= 0.6 is 0 Å². The van der Waals surface area contributed by atoms with Crippen LogP contribution in [0.2, 0.25) is 0 Å². The third-order valence-electron chi connectivity index (χ3n) is 2.82. The van der Waals surface area contributed by atoms with Gasteiger partial charge in [-0.25, -0.2) is 0 Å². The number of hydrogen-bond acceptors (Lipinski definition) is 5. The van der Waals surface area contributed by atoms with E-state index >= 15 is 0 Å². The molecule has 0 fully saturated rings. The number of pyridine rings is 1. The summed E-state index contributed by atoms with van der Waals surface area (Å²) in [6.45, 7) is 1.82. The summed E-state index contributed by atoms with van der Waals surface area (Å²) in [5.74, 6) is -0.549. The number of carboxylic acid groups (broad SMARTS) is 1. The first kappa shape index (κ1) is 13.0. The molecular formula is C12H13N3O4. The van der Waals surface area contributed by atoms with Crippen molar-refractivity contribution >= 4 is 5.97 Å². The molecule has 0 bridgehead atoms. The molecule has 0 aliphatic rings. The summed E-state index contributed by atoms with van der Waals surface area (Å²) in [4.78, 5) is 26.5. The van der Waals surface area contributed by atoms with Crippen LogP contribution in [0.5, 0.6) is 0 Å². The molecule has 2 rings (SSSR count). The second-order valence-corrected chi connectivity index (χ2v) is 4.16. The van der Waals surface area contributed by atoms with Crippen LogP contribution in [0.1, 0.15) is 18.0 Å². The predicted octanol–water partition coefficient (Wildman–Crippen LogP) is 0.761. The average Bonchev–Trinajstić information content (AvgIpc) is 2.82. The van der Waals surface area contributed by atoms with Crippen LogP contribution in [0.25, 0.3) is 11.4 Å². The highest BCUT2D eigenvalue weighted by molar-refractivity contribution is 5.66. The van der Waals surface area contributed by atoms with Crippen LogP contribution in [0.4, 0.5) is 0 Å². The van der Waals surface area contributed by atoms with Gasteiger partial charge in [-0.3, -0.25) is 9.59 Å². The van der Waals surface area contributed by atoms with E-state index in [-0.39, 0.29) is 30.1 Å². The Morgan fingerprint density at radius 3 is 2.89 bits per heavy atom. The van der Waals surface area contributed by atoms with Gasteiger partial charge in [-0.15, -0.1) is 0 Å². The quantitative estimate of drug-likeness (QED) is 0.874. The molecule has 2 aromatic rings. The van der Waals surface area contributed by atoms with Gasteiger partial charge < -0.3 is 14.2 Å². The molecule has 100 valence electrons. The van der Waals surface area contributed by atoms with E-state index in [1.807, 2.05) is 6.92 Å². The fourth-order valence-electron chi connectivity index (χ4n) is 1.58. The fourth-order valence-corrected chi connectivity index (χ4v) is 1.58. The minimum absolute atomic E-state index is 0.0897. The van der Waals surface area contributed by atoms with Crippen molar-refractivity contribution in [3.05, 3.63) is 34.1 Å². The van der Waals surface area contributed by atoms with Gasteiger partial charge in [0.05, 0.1) is 12.0 Å². The minimum Gasteiger partial charge on any atom is -0.481 e. The molecule has 0 aromatic carbocycles. The zero-order valence-corrected chi connectivity index (χ0v) is 10.6. The Morgan fingerprint density at radius 2 is 2.21 bits per heavy atom. The largest absolute Gasteiger partial charge is 0.481 e. The Kier molecular flexibility index (Phi) is 3.46. The van der Waals surface area contributed by atoms with E-state index < -0.39 is 5.97 Å². The summed E-state index contributed by atoms with van der Waals surface area (Å²) in [6.07, 6.45) is 0.0576. The predicted molar refractivity (Wildman–Crippen MR) is 65.7 cm³/mol. The van der Waals surface area contributed by atoms with Gasteiger partial charge >= 0.3 is 5.97 Å². The van der Waals surface area contributed by atoms with Crippen LogP contribution in [-0.2, 0) is 18.3 Å². The summed E-state index contributed by atoms with van der Waals surface area (Å²) in [7, 11) is 1.66. The lowest BCUT2D eigenvalue weighted by Gasteiger charge is -2.03. The topological polar surface area (TPSA) is 98.2 Å². The smallest absolute Gasteiger partial charge is 0.303 e. The Balaban J connectivity index is 2.31. The SMILES string of the molecule is Cc1ccc(-c2noc(CCC(=O)O)n2)c(=O)n1C. The molecule has 1 N–H and O–H groups in total. The molecule has 0 atom stereocenters. The molecule has 0 spiro atoms. The second-order valence-electron chi connectivity index (χ2n) is 4.16. The molecule has 0 saturated heterocycles. The van der Waals surface area contributed by atoms with E-state index in [1.165, 1.54) is 4.57 Å². The molecule has 2 aromatic heterocycles. The van der Waals surface area contributed by atoms with Gasteiger partial charge in [-0.1, -0.05) is 5.16 Å². The number of aromatic nitrogens is 3. The maximum absolute atomic E-state index is 12.0. The average molecular weight is 263 g/mol. The van der Waals surface area contributed by atoms with Gasteiger partial charge in [0.25, 0.3) is 5.56 Å². The molecule has 7 nitrogen and oxygen atoms in total. The summed E-state index contributed by atoms with van der Waals surface area (Å²) in [5.41, 5.74) is 0.937. The third kappa shape index (κ3) is 2.70. The third-order valence-corrected chi connectivity index (χ3v) is 2.82. The van der Waals surface area contributed by atoms with Crippen molar-refractivity contribution in [3.8, 4) is 11.4 Å². The van der Waals surface area contributed by atoms with Crippen molar-refractivity contribution in [1.29, 1.82) is 0 Å². The van der Waals surface area contributed by atoms with Crippen molar-refractivity contribution in [3.63, 3.8) is 0 Å². The first-order valence-corrected chi connectivity index (χ1v) is 5.70. The molecular weight excluding hydrogens is 250 g/mol. The van der Waals surface area contributed by atoms with Crippen LogP contribution in [0, 0.1) is 6.92 Å². The van der Waals surface area contributed by atoms with E-state index in [4.69, 9.17) is 9.63 Å². The second kappa shape index (κ2) is 5.05. The monoisotopic (exact) mass is 263 g/mol. The maximum atomic E-state index is 12.0. The molecule has 0 aliphatic heterocycles. The highest BCUT2D eigenvalue weighted by atomic mass is 16.5. The standard InChI is InChI=1S/C12H13N3O4/c1-7-3-4-8(12(18)15(7)2)11-13-9(19-14-11)5-6-10(16)17/h3-4H,5-6H2,1-2H3,(H,16,17). The number of carboxylic acids is 1. The minimum atomic E-state index is -0.939. The Labute approximate surface area is 108 Å². The Bertz CT molecular complexity index is 672. The van der Waals surface area contributed by atoms with E-state index in [0.717, 1.165) is 5.69 Å². The number of aliphatic carboxylic acids is 1. The van der Waals surface area contributed by atoms with Crippen LogP contribution in [-0.4, -0.2) is 25.8 Å². The van der Waals surface area contributed by atoms with Gasteiger partial charge in [0.15, 0.2) is 0 Å². The van der Waals surface area contributed by atoms with Crippen molar-refractivity contribution in [2.24, 2.45) is 7.05 Å². The number of nitrogens with zero attached hydrogens (tertiary/aromatic N) is 3. The van der Waals surface area contributed by atoms with Crippen LogP contribution in [0.3, 0.4) is 0 Å². The van der Waals surface area contributed by atoms with Gasteiger partial charge in [0.2, 0.25) is 11.7 Å². The van der Waals surface area contributed by atoms with Gasteiger partial charge in [-0.05, 0) is 19.1 Å². The molecule has 7 heteroatoms. The van der Waals surface area contributed by atoms with Crippen molar-refractivity contribution < 1.29 is 14.4 Å². The molecule has 0 amide bonds. The number of rotatable bonds is 4. The normalized spacial score (nSPS) is 10.6. The number of hydrogen-bond donors (Lipinski definition) is 1. The Morgan fingerprint density at radius 1 is 1.47 bits per heavy atom. The lowest BCUT2D eigenvalue weighted by atomic mass is 10.2. The number of carbonyl (C=O) groups is 1. The first-order chi connectivity index (χ1) is 8.99. The van der Waals surface area contributed by atoms with Crippen LogP contribution < -0.4 is 5.56 Å². The molecule has 2 heterocycles. The van der Waals surface area contributed by atoms with Crippen molar-refractivity contribution in [1.82, 2.24) is 14.7 Å². The molecule has 19 heavy (non-hydrogen) atoms. The fraction of sp³-hybridized carbons (Fsp3) is 0.333. The summed E-state index contributed by atoms with van der Waals surface area (Å²) < 4.78 is 6.41. The summed E-state index contributed by atoms with van der Waals surface area (Å²) in [5, 5.41) is 12.3. The summed E-state index contributed by atoms with van der Waals surface area (Å²) in [6, 6.07) is 3.41. The van der Waals surface area contributed by atoms with E-state index in [9.17, 15) is 9.59 Å². The molecule has 0 radical (unpaired) electrons. The molecule has 0 saturated carbocycles. The Hall–Kier alpha value is -2.44. The van der Waals surface area contributed by atoms with Gasteiger partial charge in [0, 0.05) is 19.2 Å². The zero-order chi connectivity index (χ0) is 14.0. The zero-order valence-electron chi connectivity index (χ0n) is 10.6. The van der Waals surface area contributed by atoms with Gasteiger partial charge in [-0.2, -0.15) is 4.98 Å². The molecule has 0 unspecified atom stereocenters. The van der Waals surface area contributed by atoms with E-state index in [1.54, 1.807) is 19.2 Å². The highest BCUT2D eigenvalue weighted by Gasteiger charge is 2.14. The molecule has 0 aliphatic carbocycles. The van der Waals surface area contributed by atoms with E-state index in [2.05, 4.69) is 10.1 Å².